The monoisotopic (exact) mass is 410 g/mol. The highest BCUT2D eigenvalue weighted by Gasteiger charge is 2.22. The van der Waals surface area contributed by atoms with Crippen LogP contribution >= 0.6 is 0 Å². The van der Waals surface area contributed by atoms with Crippen molar-refractivity contribution in [2.45, 2.75) is 53.0 Å². The molecule has 0 unspecified atom stereocenters. The van der Waals surface area contributed by atoms with E-state index in [1.807, 2.05) is 31.2 Å². The maximum absolute atomic E-state index is 12.6. The lowest BCUT2D eigenvalue weighted by Gasteiger charge is -2.17. The summed E-state index contributed by atoms with van der Waals surface area (Å²) in [7, 11) is 0. The van der Waals surface area contributed by atoms with E-state index in [2.05, 4.69) is 24.5 Å². The van der Waals surface area contributed by atoms with Crippen LogP contribution in [0.3, 0.4) is 0 Å². The van der Waals surface area contributed by atoms with Crippen molar-refractivity contribution >= 4 is 23.5 Å². The van der Waals surface area contributed by atoms with Gasteiger partial charge in [0.25, 0.3) is 0 Å². The van der Waals surface area contributed by atoms with Crippen molar-refractivity contribution in [3.63, 3.8) is 0 Å². The molecule has 0 heterocycles. The maximum atomic E-state index is 12.6. The van der Waals surface area contributed by atoms with E-state index in [0.717, 1.165) is 12.0 Å². The Balaban J connectivity index is 1.90. The number of benzene rings is 2. The Hall–Kier alpha value is -3.15. The third kappa shape index (κ3) is 7.03. The highest BCUT2D eigenvalue weighted by molar-refractivity contribution is 5.89. The number of esters is 1. The molecule has 0 aliphatic heterocycles. The summed E-state index contributed by atoms with van der Waals surface area (Å²) in [4.78, 5) is 35.9. The number of nitrogens with one attached hydrogen (secondary N) is 2. The van der Waals surface area contributed by atoms with E-state index >= 15 is 0 Å². The molecule has 0 saturated carbocycles. The topological polar surface area (TPSA) is 84.5 Å². The first kappa shape index (κ1) is 23.1. The van der Waals surface area contributed by atoms with Crippen LogP contribution in [0, 0.1) is 5.92 Å². The van der Waals surface area contributed by atoms with Crippen molar-refractivity contribution in [2.75, 3.05) is 5.32 Å². The number of carbonyl (C=O) groups is 3. The van der Waals surface area contributed by atoms with Gasteiger partial charge in [-0.15, -0.1) is 0 Å². The molecule has 0 aliphatic rings. The minimum Gasteiger partial charge on any atom is -0.425 e. The molecule has 0 spiro atoms. The first-order valence-electron chi connectivity index (χ1n) is 10.1. The van der Waals surface area contributed by atoms with E-state index in [0.29, 0.717) is 17.4 Å². The minimum absolute atomic E-state index is 0.181. The number of amides is 2. The fourth-order valence-electron chi connectivity index (χ4n) is 2.98. The van der Waals surface area contributed by atoms with E-state index in [4.69, 9.17) is 4.74 Å². The van der Waals surface area contributed by atoms with E-state index in [9.17, 15) is 14.4 Å². The Morgan fingerprint density at radius 2 is 1.50 bits per heavy atom. The van der Waals surface area contributed by atoms with Crippen LogP contribution in [0.5, 0.6) is 5.75 Å². The standard InChI is InChI=1S/C24H30N2O4/c1-15(2)14-19-6-8-20(9-7-19)16(3)23(28)25-17(4)24(29)30-22-12-10-21(11-13-22)26-18(5)27/h6-13,15-17H,14H2,1-5H3,(H,25,28)(H,26,27)/t16-,17-/m0/s1. The maximum Gasteiger partial charge on any atom is 0.333 e. The summed E-state index contributed by atoms with van der Waals surface area (Å²) >= 11 is 0. The summed E-state index contributed by atoms with van der Waals surface area (Å²) in [5.74, 6) is -0.453. The van der Waals surface area contributed by atoms with Crippen molar-refractivity contribution in [3.8, 4) is 5.75 Å². The smallest absolute Gasteiger partial charge is 0.333 e. The van der Waals surface area contributed by atoms with Gasteiger partial charge < -0.3 is 15.4 Å². The van der Waals surface area contributed by atoms with Gasteiger partial charge in [-0.05, 0) is 61.6 Å². The Bertz CT molecular complexity index is 873. The predicted molar refractivity (Wildman–Crippen MR) is 117 cm³/mol. The van der Waals surface area contributed by atoms with Gasteiger partial charge in [0.2, 0.25) is 11.8 Å². The molecule has 2 N–H and O–H groups in total. The molecule has 0 saturated heterocycles. The van der Waals surface area contributed by atoms with Gasteiger partial charge in [0, 0.05) is 12.6 Å². The molecule has 2 aromatic carbocycles. The van der Waals surface area contributed by atoms with Crippen LogP contribution in [0.25, 0.3) is 0 Å². The number of hydrogen-bond acceptors (Lipinski definition) is 4. The Kier molecular flexibility index (Phi) is 8.16. The van der Waals surface area contributed by atoms with Crippen LogP contribution < -0.4 is 15.4 Å². The number of carbonyl (C=O) groups excluding carboxylic acids is 3. The summed E-state index contributed by atoms with van der Waals surface area (Å²) < 4.78 is 5.31. The molecule has 2 rings (SSSR count). The molecule has 0 fully saturated rings. The fourth-order valence-corrected chi connectivity index (χ4v) is 2.98. The summed E-state index contributed by atoms with van der Waals surface area (Å²) in [6, 6.07) is 13.6. The normalized spacial score (nSPS) is 12.7. The molecule has 2 atom stereocenters. The van der Waals surface area contributed by atoms with Crippen molar-refractivity contribution in [1.82, 2.24) is 5.32 Å². The highest BCUT2D eigenvalue weighted by atomic mass is 16.5. The summed E-state index contributed by atoms with van der Waals surface area (Å²) in [6.07, 6.45) is 0.996. The van der Waals surface area contributed by atoms with Gasteiger partial charge in [-0.25, -0.2) is 4.79 Å². The zero-order chi connectivity index (χ0) is 22.3. The second-order valence-electron chi connectivity index (χ2n) is 7.92. The third-order valence-corrected chi connectivity index (χ3v) is 4.62. The molecule has 0 aromatic heterocycles. The van der Waals surface area contributed by atoms with Gasteiger partial charge in [0.1, 0.15) is 11.8 Å². The molecule has 0 radical (unpaired) electrons. The second-order valence-corrected chi connectivity index (χ2v) is 7.92. The van der Waals surface area contributed by atoms with E-state index in [-0.39, 0.29) is 17.7 Å². The number of hydrogen-bond donors (Lipinski definition) is 2. The average Bonchev–Trinajstić information content (AvgIpc) is 2.68. The summed E-state index contributed by atoms with van der Waals surface area (Å²) in [5.41, 5.74) is 2.74. The lowest BCUT2D eigenvalue weighted by Crippen LogP contribution is -2.42. The van der Waals surface area contributed by atoms with Crippen LogP contribution in [0.2, 0.25) is 0 Å². The van der Waals surface area contributed by atoms with E-state index in [1.54, 1.807) is 31.2 Å². The SMILES string of the molecule is CC(=O)Nc1ccc(OC(=O)[C@H](C)NC(=O)[C@@H](C)c2ccc(CC(C)C)cc2)cc1. The van der Waals surface area contributed by atoms with Crippen molar-refractivity contribution in [3.05, 3.63) is 59.7 Å². The van der Waals surface area contributed by atoms with Crippen LogP contribution in [0.4, 0.5) is 5.69 Å². The molecule has 2 aromatic rings. The molecular weight excluding hydrogens is 380 g/mol. The Morgan fingerprint density at radius 3 is 2.03 bits per heavy atom. The summed E-state index contributed by atoms with van der Waals surface area (Å²) in [5, 5.41) is 5.35. The van der Waals surface area contributed by atoms with E-state index in [1.165, 1.54) is 12.5 Å². The fraction of sp³-hybridized carbons (Fsp3) is 0.375. The van der Waals surface area contributed by atoms with Crippen LogP contribution in [0.1, 0.15) is 51.7 Å². The highest BCUT2D eigenvalue weighted by Crippen LogP contribution is 2.19. The predicted octanol–water partition coefficient (Wildman–Crippen LogP) is 4.06. The van der Waals surface area contributed by atoms with Gasteiger partial charge in [-0.3, -0.25) is 9.59 Å². The molecule has 0 bridgehead atoms. The lowest BCUT2D eigenvalue weighted by atomic mass is 9.96. The van der Waals surface area contributed by atoms with Crippen LogP contribution in [0.15, 0.2) is 48.5 Å². The number of rotatable bonds is 8. The Labute approximate surface area is 178 Å². The minimum atomic E-state index is -0.796. The van der Waals surface area contributed by atoms with Gasteiger partial charge in [-0.2, -0.15) is 0 Å². The van der Waals surface area contributed by atoms with Gasteiger partial charge in [-0.1, -0.05) is 38.1 Å². The molecule has 2 amide bonds. The zero-order valence-corrected chi connectivity index (χ0v) is 18.2. The van der Waals surface area contributed by atoms with Crippen molar-refractivity contribution in [2.24, 2.45) is 5.92 Å². The molecule has 6 nitrogen and oxygen atoms in total. The molecule has 6 heteroatoms. The van der Waals surface area contributed by atoms with Crippen LogP contribution in [-0.4, -0.2) is 23.8 Å². The average molecular weight is 411 g/mol. The van der Waals surface area contributed by atoms with Crippen molar-refractivity contribution in [1.29, 1.82) is 0 Å². The molecular formula is C24H30N2O4. The number of ether oxygens (including phenoxy) is 1. The largest absolute Gasteiger partial charge is 0.425 e. The van der Waals surface area contributed by atoms with Crippen LogP contribution in [-0.2, 0) is 20.8 Å². The molecule has 30 heavy (non-hydrogen) atoms. The quantitative estimate of drug-likeness (QED) is 0.508. The lowest BCUT2D eigenvalue weighted by molar-refractivity contribution is -0.139. The first-order chi connectivity index (χ1) is 14.2. The van der Waals surface area contributed by atoms with Crippen molar-refractivity contribution < 1.29 is 19.1 Å². The van der Waals surface area contributed by atoms with E-state index < -0.39 is 12.0 Å². The molecule has 0 aliphatic carbocycles. The molecule has 160 valence electrons. The summed E-state index contributed by atoms with van der Waals surface area (Å²) in [6.45, 7) is 9.15. The zero-order valence-electron chi connectivity index (χ0n) is 18.2. The second kappa shape index (κ2) is 10.6. The van der Waals surface area contributed by atoms with Gasteiger partial charge in [0.05, 0.1) is 5.92 Å². The van der Waals surface area contributed by atoms with Gasteiger partial charge >= 0.3 is 5.97 Å². The Morgan fingerprint density at radius 1 is 0.900 bits per heavy atom. The first-order valence-corrected chi connectivity index (χ1v) is 10.1. The number of anilines is 1. The van der Waals surface area contributed by atoms with Gasteiger partial charge in [0.15, 0.2) is 0 Å². The third-order valence-electron chi connectivity index (χ3n) is 4.62.